The number of hydrogen-bond donors (Lipinski definition) is 0. The number of benzene rings is 4. The molecule has 160 valence electrons. The topological polar surface area (TPSA) is 6.48 Å². The Hall–Kier alpha value is -3.52. The molecule has 32 heavy (non-hydrogen) atoms. The fourth-order valence-corrected chi connectivity index (χ4v) is 5.14. The maximum Gasteiger partial charge on any atom is 0.0917 e. The average Bonchev–Trinajstić information content (AvgIpc) is 3.16. The molecule has 0 aliphatic carbocycles. The van der Waals surface area contributed by atoms with E-state index in [4.69, 9.17) is 0 Å². The molecule has 0 aromatic heterocycles. The van der Waals surface area contributed by atoms with Crippen LogP contribution in [0.15, 0.2) is 97.1 Å². The summed E-state index contributed by atoms with van der Waals surface area (Å²) >= 11 is 0. The third-order valence-corrected chi connectivity index (χ3v) is 6.59. The summed E-state index contributed by atoms with van der Waals surface area (Å²) in [6.07, 6.45) is 0. The number of nitrogens with zero attached hydrogens (tertiary/aromatic N) is 2. The van der Waals surface area contributed by atoms with Crippen LogP contribution in [0.1, 0.15) is 39.4 Å². The Morgan fingerprint density at radius 2 is 1.16 bits per heavy atom. The first kappa shape index (κ1) is 20.4. The predicted molar refractivity (Wildman–Crippen MR) is 135 cm³/mol. The van der Waals surface area contributed by atoms with Crippen molar-refractivity contribution in [2.45, 2.75) is 33.4 Å². The molecule has 4 aromatic rings. The summed E-state index contributed by atoms with van der Waals surface area (Å²) in [5.74, 6) is 0. The van der Waals surface area contributed by atoms with Crippen LogP contribution < -0.4 is 9.80 Å². The second kappa shape index (κ2) is 8.55. The predicted octanol–water partition coefficient (Wildman–Crippen LogP) is 7.19. The minimum atomic E-state index is 0.170. The van der Waals surface area contributed by atoms with E-state index in [1.165, 1.54) is 44.8 Å². The molecule has 0 N–H and O–H groups in total. The van der Waals surface area contributed by atoms with Crippen molar-refractivity contribution in [3.8, 4) is 0 Å². The zero-order valence-electron chi connectivity index (χ0n) is 19.1. The van der Waals surface area contributed by atoms with Crippen LogP contribution in [0.25, 0.3) is 0 Å². The van der Waals surface area contributed by atoms with Gasteiger partial charge in [0.2, 0.25) is 0 Å². The number of aryl methyl sites for hydroxylation is 3. The monoisotopic (exact) mass is 418 g/mol. The van der Waals surface area contributed by atoms with Crippen molar-refractivity contribution in [1.82, 2.24) is 0 Å². The van der Waals surface area contributed by atoms with Crippen LogP contribution in [-0.2, 0) is 6.54 Å². The fraction of sp³-hybridized carbons (Fsp3) is 0.200. The first-order chi connectivity index (χ1) is 15.6. The summed E-state index contributed by atoms with van der Waals surface area (Å²) in [6, 6.07) is 35.4. The molecule has 0 atom stereocenters. The van der Waals surface area contributed by atoms with E-state index in [1.807, 2.05) is 0 Å². The van der Waals surface area contributed by atoms with E-state index < -0.39 is 0 Å². The Kier molecular flexibility index (Phi) is 5.45. The van der Waals surface area contributed by atoms with Crippen LogP contribution in [0.2, 0.25) is 0 Å². The number of rotatable bonds is 5. The SMILES string of the molecule is Cc1cc(C)c(CN2CN(C(c3ccccc3)c3ccccc3)c3ccccc32)c(C)c1. The quantitative estimate of drug-likeness (QED) is 0.338. The highest BCUT2D eigenvalue weighted by Gasteiger charge is 2.32. The highest BCUT2D eigenvalue weighted by molar-refractivity contribution is 5.77. The van der Waals surface area contributed by atoms with E-state index in [0.717, 1.165) is 13.2 Å². The average molecular weight is 419 g/mol. The second-order valence-electron chi connectivity index (χ2n) is 8.90. The first-order valence-corrected chi connectivity index (χ1v) is 11.4. The zero-order valence-corrected chi connectivity index (χ0v) is 19.1. The molecule has 0 fully saturated rings. The molecular weight excluding hydrogens is 388 g/mol. The van der Waals surface area contributed by atoms with Gasteiger partial charge in [-0.2, -0.15) is 0 Å². The highest BCUT2D eigenvalue weighted by Crippen LogP contribution is 2.43. The van der Waals surface area contributed by atoms with Gasteiger partial charge in [-0.15, -0.1) is 0 Å². The normalized spacial score (nSPS) is 13.0. The van der Waals surface area contributed by atoms with Crippen molar-refractivity contribution in [2.24, 2.45) is 0 Å². The molecule has 2 nitrogen and oxygen atoms in total. The molecule has 1 aliphatic rings. The summed E-state index contributed by atoms with van der Waals surface area (Å²) < 4.78 is 0. The highest BCUT2D eigenvalue weighted by atomic mass is 15.4. The van der Waals surface area contributed by atoms with E-state index in [1.54, 1.807) is 0 Å². The van der Waals surface area contributed by atoms with E-state index in [0.29, 0.717) is 0 Å². The van der Waals surface area contributed by atoms with Crippen LogP contribution in [-0.4, -0.2) is 6.67 Å². The molecule has 2 heteroatoms. The molecule has 5 rings (SSSR count). The lowest BCUT2D eigenvalue weighted by atomic mass is 9.97. The Morgan fingerprint density at radius 3 is 1.72 bits per heavy atom. The fourth-order valence-electron chi connectivity index (χ4n) is 5.14. The van der Waals surface area contributed by atoms with E-state index in [-0.39, 0.29) is 6.04 Å². The van der Waals surface area contributed by atoms with Gasteiger partial charge in [-0.3, -0.25) is 0 Å². The van der Waals surface area contributed by atoms with Crippen LogP contribution in [0.3, 0.4) is 0 Å². The first-order valence-electron chi connectivity index (χ1n) is 11.4. The van der Waals surface area contributed by atoms with Crippen molar-refractivity contribution < 1.29 is 0 Å². The number of anilines is 2. The largest absolute Gasteiger partial charge is 0.348 e. The lowest BCUT2D eigenvalue weighted by Gasteiger charge is -2.32. The Balaban J connectivity index is 1.57. The Labute approximate surface area is 191 Å². The molecule has 0 bridgehead atoms. The van der Waals surface area contributed by atoms with E-state index >= 15 is 0 Å². The van der Waals surface area contributed by atoms with Crippen molar-refractivity contribution in [3.05, 3.63) is 130 Å². The molecule has 0 saturated carbocycles. The Morgan fingerprint density at radius 1 is 0.656 bits per heavy atom. The molecule has 0 saturated heterocycles. The minimum Gasteiger partial charge on any atom is -0.348 e. The zero-order chi connectivity index (χ0) is 22.1. The number of hydrogen-bond acceptors (Lipinski definition) is 2. The molecule has 0 spiro atoms. The van der Waals surface area contributed by atoms with Gasteiger partial charge in [0.05, 0.1) is 24.1 Å². The van der Waals surface area contributed by atoms with Crippen molar-refractivity contribution in [3.63, 3.8) is 0 Å². The van der Waals surface area contributed by atoms with Crippen LogP contribution in [0, 0.1) is 20.8 Å². The summed E-state index contributed by atoms with van der Waals surface area (Å²) in [5.41, 5.74) is 10.8. The maximum atomic E-state index is 2.55. The summed E-state index contributed by atoms with van der Waals surface area (Å²) in [4.78, 5) is 5.08. The summed E-state index contributed by atoms with van der Waals surface area (Å²) in [5, 5.41) is 0. The standard InChI is InChI=1S/C30H30N2/c1-22-18-23(2)27(24(3)19-22)20-31-21-32(29-17-11-10-16-28(29)31)30(25-12-6-4-7-13-25)26-14-8-5-9-15-26/h4-19,30H,20-21H2,1-3H3. The lowest BCUT2D eigenvalue weighted by Crippen LogP contribution is -2.34. The number of fused-ring (bicyclic) bond motifs is 1. The molecule has 0 amide bonds. The van der Waals surface area contributed by atoms with E-state index in [2.05, 4.69) is 128 Å². The molecule has 1 aliphatic heterocycles. The Bertz CT molecular complexity index is 1150. The molecule has 1 heterocycles. The molecular formula is C30H30N2. The van der Waals surface area contributed by atoms with Crippen molar-refractivity contribution in [1.29, 1.82) is 0 Å². The van der Waals surface area contributed by atoms with Gasteiger partial charge in [0, 0.05) is 6.54 Å². The van der Waals surface area contributed by atoms with Crippen molar-refractivity contribution >= 4 is 11.4 Å². The molecule has 0 unspecified atom stereocenters. The maximum absolute atomic E-state index is 2.55. The molecule has 4 aromatic carbocycles. The van der Waals surface area contributed by atoms with Crippen LogP contribution in [0.5, 0.6) is 0 Å². The third-order valence-electron chi connectivity index (χ3n) is 6.59. The summed E-state index contributed by atoms with van der Waals surface area (Å²) in [6.45, 7) is 8.45. The van der Waals surface area contributed by atoms with E-state index in [9.17, 15) is 0 Å². The van der Waals surface area contributed by atoms with Gasteiger partial charge in [-0.1, -0.05) is 90.5 Å². The van der Waals surface area contributed by atoms with Crippen LogP contribution in [0.4, 0.5) is 11.4 Å². The van der Waals surface area contributed by atoms with Gasteiger partial charge in [0.1, 0.15) is 0 Å². The van der Waals surface area contributed by atoms with Gasteiger partial charge in [0.25, 0.3) is 0 Å². The van der Waals surface area contributed by atoms with Crippen molar-refractivity contribution in [2.75, 3.05) is 16.5 Å². The second-order valence-corrected chi connectivity index (χ2v) is 8.90. The molecule has 0 radical (unpaired) electrons. The van der Waals surface area contributed by atoms with Crippen LogP contribution >= 0.6 is 0 Å². The smallest absolute Gasteiger partial charge is 0.0917 e. The minimum absolute atomic E-state index is 0.170. The van der Waals surface area contributed by atoms with Gasteiger partial charge >= 0.3 is 0 Å². The van der Waals surface area contributed by atoms with Gasteiger partial charge in [-0.05, 0) is 60.7 Å². The third kappa shape index (κ3) is 3.78. The van der Waals surface area contributed by atoms with Gasteiger partial charge in [0.15, 0.2) is 0 Å². The van der Waals surface area contributed by atoms with Gasteiger partial charge in [-0.25, -0.2) is 0 Å². The summed E-state index contributed by atoms with van der Waals surface area (Å²) in [7, 11) is 0. The number of para-hydroxylation sites is 2. The van der Waals surface area contributed by atoms with Gasteiger partial charge < -0.3 is 9.80 Å². The lowest BCUT2D eigenvalue weighted by molar-refractivity contribution is 0.695.